The highest BCUT2D eigenvalue weighted by Crippen LogP contribution is 2.35. The van der Waals surface area contributed by atoms with Crippen molar-refractivity contribution >= 4 is 5.57 Å². The van der Waals surface area contributed by atoms with Gasteiger partial charge in [-0.2, -0.15) is 0 Å². The highest BCUT2D eigenvalue weighted by atomic mass is 19.2. The zero-order valence-corrected chi connectivity index (χ0v) is 21.2. The van der Waals surface area contributed by atoms with Gasteiger partial charge in [0.25, 0.3) is 0 Å². The van der Waals surface area contributed by atoms with Gasteiger partial charge in [-0.1, -0.05) is 89.2 Å². The Hall–Kier alpha value is -1.44. The van der Waals surface area contributed by atoms with Gasteiger partial charge in [0.1, 0.15) is 0 Å². The Labute approximate surface area is 201 Å². The zero-order valence-electron chi connectivity index (χ0n) is 21.2. The molecule has 0 radical (unpaired) electrons. The average molecular weight is 457 g/mol. The minimum absolute atomic E-state index is 0.483. The second kappa shape index (κ2) is 14.1. The summed E-state index contributed by atoms with van der Waals surface area (Å²) in [4.78, 5) is 0. The SMILES string of the molecule is CCCCCC1CCC(/C=C/CCc2ccc(C3=CCC(CCCC)CC3)c(F)c2F)CC1. The Morgan fingerprint density at radius 2 is 1.61 bits per heavy atom. The maximum atomic E-state index is 14.9. The molecule has 0 N–H and O–H groups in total. The normalized spacial score (nSPS) is 23.8. The van der Waals surface area contributed by atoms with E-state index in [1.165, 1.54) is 70.6 Å². The number of halogens is 2. The first-order valence-electron chi connectivity index (χ1n) is 13.9. The van der Waals surface area contributed by atoms with Gasteiger partial charge in [0, 0.05) is 5.56 Å². The van der Waals surface area contributed by atoms with Crippen LogP contribution >= 0.6 is 0 Å². The summed E-state index contributed by atoms with van der Waals surface area (Å²) in [5, 5.41) is 0. The van der Waals surface area contributed by atoms with Gasteiger partial charge in [-0.15, -0.1) is 0 Å². The third-order valence-corrected chi connectivity index (χ3v) is 8.09. The minimum atomic E-state index is -0.642. The van der Waals surface area contributed by atoms with E-state index >= 15 is 0 Å². The monoisotopic (exact) mass is 456 g/mol. The van der Waals surface area contributed by atoms with Crippen molar-refractivity contribution in [3.8, 4) is 0 Å². The molecule has 1 atom stereocenters. The molecule has 0 amide bonds. The van der Waals surface area contributed by atoms with E-state index in [1.54, 1.807) is 0 Å². The Morgan fingerprint density at radius 3 is 2.30 bits per heavy atom. The molecule has 2 aliphatic carbocycles. The van der Waals surface area contributed by atoms with Crippen molar-refractivity contribution in [2.24, 2.45) is 17.8 Å². The molecule has 0 aliphatic heterocycles. The lowest BCUT2D eigenvalue weighted by atomic mass is 9.79. The molecule has 0 spiro atoms. The molecule has 1 unspecified atom stereocenters. The molecule has 33 heavy (non-hydrogen) atoms. The first-order chi connectivity index (χ1) is 16.1. The van der Waals surface area contributed by atoms with E-state index in [2.05, 4.69) is 32.1 Å². The lowest BCUT2D eigenvalue weighted by Gasteiger charge is -2.26. The van der Waals surface area contributed by atoms with Crippen molar-refractivity contribution in [3.05, 3.63) is 53.1 Å². The maximum Gasteiger partial charge on any atom is 0.166 e. The van der Waals surface area contributed by atoms with Crippen LogP contribution in [0, 0.1) is 29.4 Å². The molecule has 1 fully saturated rings. The van der Waals surface area contributed by atoms with Crippen LogP contribution in [0.25, 0.3) is 5.57 Å². The van der Waals surface area contributed by atoms with E-state index in [-0.39, 0.29) is 0 Å². The Kier molecular flexibility index (Phi) is 11.2. The van der Waals surface area contributed by atoms with Gasteiger partial charge in [-0.25, -0.2) is 8.78 Å². The van der Waals surface area contributed by atoms with Crippen LogP contribution in [0.15, 0.2) is 30.4 Å². The summed E-state index contributed by atoms with van der Waals surface area (Å²) in [5.41, 5.74) is 1.99. The number of rotatable bonds is 12. The quantitative estimate of drug-likeness (QED) is 0.217. The second-order valence-corrected chi connectivity index (χ2v) is 10.7. The fraction of sp³-hybridized carbons (Fsp3) is 0.677. The summed E-state index contributed by atoms with van der Waals surface area (Å²) in [7, 11) is 0. The van der Waals surface area contributed by atoms with Crippen molar-refractivity contribution in [2.75, 3.05) is 0 Å². The lowest BCUT2D eigenvalue weighted by Crippen LogP contribution is -2.13. The molecule has 184 valence electrons. The molecule has 1 aromatic rings. The van der Waals surface area contributed by atoms with Crippen molar-refractivity contribution in [1.29, 1.82) is 0 Å². The summed E-state index contributed by atoms with van der Waals surface area (Å²) in [5.74, 6) is 1.04. The summed E-state index contributed by atoms with van der Waals surface area (Å²) < 4.78 is 29.6. The van der Waals surface area contributed by atoms with Crippen molar-refractivity contribution in [3.63, 3.8) is 0 Å². The smallest absolute Gasteiger partial charge is 0.166 e. The van der Waals surface area contributed by atoms with Crippen LogP contribution in [0.4, 0.5) is 8.78 Å². The van der Waals surface area contributed by atoms with Crippen molar-refractivity contribution < 1.29 is 8.78 Å². The predicted octanol–water partition coefficient (Wildman–Crippen LogP) is 10.2. The van der Waals surface area contributed by atoms with Crippen LogP contribution in [0.5, 0.6) is 0 Å². The summed E-state index contributed by atoms with van der Waals surface area (Å²) in [6, 6.07) is 3.63. The number of benzene rings is 1. The summed E-state index contributed by atoms with van der Waals surface area (Å²) in [6.07, 6.45) is 25.5. The van der Waals surface area contributed by atoms with Gasteiger partial charge in [0.2, 0.25) is 0 Å². The van der Waals surface area contributed by atoms with E-state index in [1.807, 2.05) is 12.1 Å². The fourth-order valence-electron chi connectivity index (χ4n) is 5.80. The molecule has 0 heterocycles. The molecule has 0 saturated heterocycles. The van der Waals surface area contributed by atoms with Crippen LogP contribution in [0.1, 0.15) is 121 Å². The third-order valence-electron chi connectivity index (χ3n) is 8.09. The van der Waals surface area contributed by atoms with Gasteiger partial charge in [-0.3, -0.25) is 0 Å². The van der Waals surface area contributed by atoms with E-state index in [0.717, 1.165) is 37.2 Å². The van der Waals surface area contributed by atoms with Crippen LogP contribution in [0.2, 0.25) is 0 Å². The largest absolute Gasteiger partial charge is 0.203 e. The molecule has 0 bridgehead atoms. The standard InChI is InChI=1S/C31H46F2/c1-3-5-7-11-25-14-16-26(17-15-25)12-8-9-13-28-22-23-29(31(33)30(28)32)27-20-18-24(19-21-27)10-6-4-2/h8,12,20,22-26H,3-7,9-11,13-19,21H2,1-2H3/b12-8+. The number of unbranched alkanes of at least 4 members (excludes halogenated alkanes) is 3. The molecule has 3 rings (SSSR count). The number of hydrogen-bond donors (Lipinski definition) is 0. The van der Waals surface area contributed by atoms with Gasteiger partial charge in [-0.05, 0) is 86.7 Å². The van der Waals surface area contributed by atoms with Crippen molar-refractivity contribution in [2.45, 2.75) is 117 Å². The lowest BCUT2D eigenvalue weighted by molar-refractivity contribution is 0.289. The fourth-order valence-corrected chi connectivity index (χ4v) is 5.80. The molecular weight excluding hydrogens is 410 g/mol. The molecule has 1 aromatic carbocycles. The van der Waals surface area contributed by atoms with E-state index in [9.17, 15) is 8.78 Å². The van der Waals surface area contributed by atoms with Crippen LogP contribution < -0.4 is 0 Å². The highest BCUT2D eigenvalue weighted by molar-refractivity contribution is 5.67. The van der Waals surface area contributed by atoms with Gasteiger partial charge in [0.05, 0.1) is 0 Å². The molecule has 2 heteroatoms. The maximum absolute atomic E-state index is 14.9. The van der Waals surface area contributed by atoms with Crippen LogP contribution in [0.3, 0.4) is 0 Å². The van der Waals surface area contributed by atoms with E-state index in [0.29, 0.717) is 29.4 Å². The Bertz CT molecular complexity index is 767. The van der Waals surface area contributed by atoms with Gasteiger partial charge < -0.3 is 0 Å². The molecular formula is C31H46F2. The summed E-state index contributed by atoms with van der Waals surface area (Å²) in [6.45, 7) is 4.49. The third kappa shape index (κ3) is 8.08. The topological polar surface area (TPSA) is 0 Å². The number of hydrogen-bond acceptors (Lipinski definition) is 0. The van der Waals surface area contributed by atoms with E-state index in [4.69, 9.17) is 0 Å². The molecule has 0 aromatic heterocycles. The molecule has 2 aliphatic rings. The van der Waals surface area contributed by atoms with Crippen LogP contribution in [-0.4, -0.2) is 0 Å². The van der Waals surface area contributed by atoms with Crippen LogP contribution in [-0.2, 0) is 6.42 Å². The first-order valence-corrected chi connectivity index (χ1v) is 13.9. The average Bonchev–Trinajstić information content (AvgIpc) is 2.84. The van der Waals surface area contributed by atoms with Crippen molar-refractivity contribution in [1.82, 2.24) is 0 Å². The molecule has 1 saturated carbocycles. The number of allylic oxidation sites excluding steroid dienone is 4. The first kappa shape index (κ1) is 26.2. The zero-order chi connectivity index (χ0) is 23.5. The predicted molar refractivity (Wildman–Crippen MR) is 138 cm³/mol. The number of aryl methyl sites for hydroxylation is 1. The Morgan fingerprint density at radius 1 is 0.848 bits per heavy atom. The van der Waals surface area contributed by atoms with Gasteiger partial charge >= 0.3 is 0 Å². The van der Waals surface area contributed by atoms with E-state index < -0.39 is 11.6 Å². The van der Waals surface area contributed by atoms with Gasteiger partial charge in [0.15, 0.2) is 11.6 Å². The second-order valence-electron chi connectivity index (χ2n) is 10.7. The Balaban J connectivity index is 1.45. The molecule has 0 nitrogen and oxygen atoms in total. The summed E-state index contributed by atoms with van der Waals surface area (Å²) >= 11 is 0. The minimum Gasteiger partial charge on any atom is -0.203 e. The highest BCUT2D eigenvalue weighted by Gasteiger charge is 2.21.